The van der Waals surface area contributed by atoms with Gasteiger partial charge in [0.1, 0.15) is 12.7 Å². The van der Waals surface area contributed by atoms with E-state index in [1.807, 2.05) is 0 Å². The lowest BCUT2D eigenvalue weighted by atomic mass is 10.0. The summed E-state index contributed by atoms with van der Waals surface area (Å²) < 4.78 is 14.9. The summed E-state index contributed by atoms with van der Waals surface area (Å²) >= 11 is 0. The van der Waals surface area contributed by atoms with Crippen LogP contribution in [-0.2, 0) is 28.6 Å². The maximum atomic E-state index is 11.1. The molecular formula is C12H19NO7. The van der Waals surface area contributed by atoms with Crippen molar-refractivity contribution in [2.45, 2.75) is 45.1 Å². The molecule has 0 unspecified atom stereocenters. The van der Waals surface area contributed by atoms with Crippen LogP contribution in [0.2, 0.25) is 0 Å². The SMILES string of the molecule is CC(=O)OC[C@H]1[C@@H](O)[C@H](N)[C@@H](OC(C)=O)[C@@H]1OC(C)=O. The molecule has 0 amide bonds. The van der Waals surface area contributed by atoms with E-state index in [2.05, 4.69) is 0 Å². The van der Waals surface area contributed by atoms with Gasteiger partial charge >= 0.3 is 17.9 Å². The Labute approximate surface area is 116 Å². The number of aliphatic hydroxyl groups is 1. The third kappa shape index (κ3) is 3.91. The van der Waals surface area contributed by atoms with Crippen molar-refractivity contribution in [3.05, 3.63) is 0 Å². The smallest absolute Gasteiger partial charge is 0.303 e. The van der Waals surface area contributed by atoms with E-state index in [1.54, 1.807) is 0 Å². The number of hydrogen-bond donors (Lipinski definition) is 2. The first-order chi connectivity index (χ1) is 9.23. The van der Waals surface area contributed by atoms with Gasteiger partial charge in [-0.1, -0.05) is 0 Å². The lowest BCUT2D eigenvalue weighted by Crippen LogP contribution is -2.43. The second-order valence-corrected chi connectivity index (χ2v) is 4.68. The first-order valence-electron chi connectivity index (χ1n) is 6.15. The standard InChI is InChI=1S/C12H19NO7/c1-5(14)18-4-8-10(17)9(13)12(20-7(3)16)11(8)19-6(2)15/h8-12,17H,4,13H2,1-3H3/t8-,9-,10+,11+,12+/m0/s1. The fraction of sp³-hybridized carbons (Fsp3) is 0.750. The summed E-state index contributed by atoms with van der Waals surface area (Å²) in [7, 11) is 0. The van der Waals surface area contributed by atoms with Gasteiger partial charge in [0.2, 0.25) is 0 Å². The summed E-state index contributed by atoms with van der Waals surface area (Å²) in [5, 5.41) is 10.0. The second-order valence-electron chi connectivity index (χ2n) is 4.68. The molecule has 20 heavy (non-hydrogen) atoms. The summed E-state index contributed by atoms with van der Waals surface area (Å²) in [5.74, 6) is -2.50. The van der Waals surface area contributed by atoms with Crippen LogP contribution < -0.4 is 5.73 Å². The van der Waals surface area contributed by atoms with Crippen molar-refractivity contribution < 1.29 is 33.7 Å². The Morgan fingerprint density at radius 1 is 1.00 bits per heavy atom. The Hall–Kier alpha value is -1.67. The van der Waals surface area contributed by atoms with Gasteiger partial charge in [-0.2, -0.15) is 0 Å². The minimum absolute atomic E-state index is 0.181. The van der Waals surface area contributed by atoms with Crippen LogP contribution in [0.15, 0.2) is 0 Å². The van der Waals surface area contributed by atoms with Gasteiger partial charge in [-0.25, -0.2) is 0 Å². The number of nitrogens with two attached hydrogens (primary N) is 1. The Bertz CT molecular complexity index is 397. The van der Waals surface area contributed by atoms with Crippen molar-refractivity contribution in [2.24, 2.45) is 11.7 Å². The van der Waals surface area contributed by atoms with E-state index in [-0.39, 0.29) is 6.61 Å². The van der Waals surface area contributed by atoms with Gasteiger partial charge < -0.3 is 25.1 Å². The van der Waals surface area contributed by atoms with Crippen molar-refractivity contribution in [1.82, 2.24) is 0 Å². The van der Waals surface area contributed by atoms with Crippen molar-refractivity contribution in [1.29, 1.82) is 0 Å². The van der Waals surface area contributed by atoms with Crippen LogP contribution in [0.5, 0.6) is 0 Å². The van der Waals surface area contributed by atoms with Crippen LogP contribution in [-0.4, -0.2) is 54.0 Å². The molecule has 8 nitrogen and oxygen atoms in total. The molecule has 1 rings (SSSR count). The molecule has 0 spiro atoms. The summed E-state index contributed by atoms with van der Waals surface area (Å²) in [4.78, 5) is 33.1. The molecule has 0 aromatic heterocycles. The number of aliphatic hydroxyl groups excluding tert-OH is 1. The zero-order valence-corrected chi connectivity index (χ0v) is 11.6. The van der Waals surface area contributed by atoms with E-state index in [0.717, 1.165) is 0 Å². The van der Waals surface area contributed by atoms with Crippen LogP contribution >= 0.6 is 0 Å². The van der Waals surface area contributed by atoms with E-state index in [4.69, 9.17) is 19.9 Å². The van der Waals surface area contributed by atoms with Crippen LogP contribution in [0.1, 0.15) is 20.8 Å². The van der Waals surface area contributed by atoms with Crippen LogP contribution in [0.3, 0.4) is 0 Å². The van der Waals surface area contributed by atoms with Crippen molar-refractivity contribution in [3.63, 3.8) is 0 Å². The number of carbonyl (C=O) groups is 3. The normalized spacial score (nSPS) is 32.5. The third-order valence-electron chi connectivity index (χ3n) is 3.04. The zero-order chi connectivity index (χ0) is 15.4. The van der Waals surface area contributed by atoms with E-state index < -0.39 is 48.2 Å². The molecule has 0 aromatic rings. The van der Waals surface area contributed by atoms with Gasteiger partial charge in [0.05, 0.1) is 18.1 Å². The fourth-order valence-electron chi connectivity index (χ4n) is 2.23. The minimum atomic E-state index is -1.12. The molecule has 0 aromatic carbocycles. The van der Waals surface area contributed by atoms with Gasteiger partial charge in [0.15, 0.2) is 6.10 Å². The number of rotatable bonds is 4. The quantitative estimate of drug-likeness (QED) is 0.485. The van der Waals surface area contributed by atoms with Gasteiger partial charge in [-0.15, -0.1) is 0 Å². The first-order valence-corrected chi connectivity index (χ1v) is 6.15. The first kappa shape index (κ1) is 16.4. The third-order valence-corrected chi connectivity index (χ3v) is 3.04. The Morgan fingerprint density at radius 2 is 1.50 bits per heavy atom. The molecule has 0 radical (unpaired) electrons. The molecule has 0 heterocycles. The predicted octanol–water partition coefficient (Wildman–Crippen LogP) is -1.27. The highest BCUT2D eigenvalue weighted by Crippen LogP contribution is 2.31. The molecular weight excluding hydrogens is 270 g/mol. The van der Waals surface area contributed by atoms with E-state index in [1.165, 1.54) is 20.8 Å². The monoisotopic (exact) mass is 289 g/mol. The highest BCUT2D eigenvalue weighted by Gasteiger charge is 2.52. The van der Waals surface area contributed by atoms with Gasteiger partial charge in [0, 0.05) is 20.8 Å². The topological polar surface area (TPSA) is 125 Å². The minimum Gasteiger partial charge on any atom is -0.465 e. The molecule has 1 aliphatic rings. The Balaban J connectivity index is 2.90. The Morgan fingerprint density at radius 3 is 1.95 bits per heavy atom. The Kier molecular flexibility index (Phi) is 5.46. The molecule has 0 saturated heterocycles. The molecule has 114 valence electrons. The molecule has 0 bridgehead atoms. The van der Waals surface area contributed by atoms with E-state index in [0.29, 0.717) is 0 Å². The summed E-state index contributed by atoms with van der Waals surface area (Å²) in [6.07, 6.45) is -3.06. The number of ether oxygens (including phenoxy) is 3. The molecule has 1 aliphatic carbocycles. The van der Waals surface area contributed by atoms with E-state index >= 15 is 0 Å². The second kappa shape index (κ2) is 6.67. The lowest BCUT2D eigenvalue weighted by Gasteiger charge is -2.24. The molecule has 0 aliphatic heterocycles. The largest absolute Gasteiger partial charge is 0.465 e. The van der Waals surface area contributed by atoms with Crippen LogP contribution in [0.25, 0.3) is 0 Å². The molecule has 5 atom stereocenters. The molecule has 1 saturated carbocycles. The number of hydrogen-bond acceptors (Lipinski definition) is 8. The lowest BCUT2D eigenvalue weighted by molar-refractivity contribution is -0.168. The molecule has 3 N–H and O–H groups in total. The average molecular weight is 289 g/mol. The van der Waals surface area contributed by atoms with Crippen molar-refractivity contribution in [3.8, 4) is 0 Å². The van der Waals surface area contributed by atoms with Gasteiger partial charge in [-0.3, -0.25) is 14.4 Å². The number of esters is 3. The summed E-state index contributed by atoms with van der Waals surface area (Å²) in [6.45, 7) is 3.40. The summed E-state index contributed by atoms with van der Waals surface area (Å²) in [6, 6.07) is -0.927. The predicted molar refractivity (Wildman–Crippen MR) is 65.2 cm³/mol. The van der Waals surface area contributed by atoms with Crippen LogP contribution in [0, 0.1) is 5.92 Å². The fourth-order valence-corrected chi connectivity index (χ4v) is 2.23. The maximum absolute atomic E-state index is 11.1. The highest BCUT2D eigenvalue weighted by molar-refractivity contribution is 5.68. The zero-order valence-electron chi connectivity index (χ0n) is 11.6. The van der Waals surface area contributed by atoms with Crippen molar-refractivity contribution >= 4 is 17.9 Å². The van der Waals surface area contributed by atoms with Gasteiger partial charge in [-0.05, 0) is 0 Å². The highest BCUT2D eigenvalue weighted by atomic mass is 16.6. The van der Waals surface area contributed by atoms with E-state index in [9.17, 15) is 19.5 Å². The molecule has 8 heteroatoms. The summed E-state index contributed by atoms with van der Waals surface area (Å²) in [5.41, 5.74) is 5.77. The maximum Gasteiger partial charge on any atom is 0.303 e. The van der Waals surface area contributed by atoms with Crippen molar-refractivity contribution in [2.75, 3.05) is 6.61 Å². The van der Waals surface area contributed by atoms with Gasteiger partial charge in [0.25, 0.3) is 0 Å². The molecule has 1 fully saturated rings. The average Bonchev–Trinajstić information content (AvgIpc) is 2.51. The van der Waals surface area contributed by atoms with Crippen LogP contribution in [0.4, 0.5) is 0 Å². The number of carbonyl (C=O) groups excluding carboxylic acids is 3.